The van der Waals surface area contributed by atoms with E-state index in [2.05, 4.69) is 48.4 Å². The first-order valence-corrected chi connectivity index (χ1v) is 7.24. The van der Waals surface area contributed by atoms with Crippen LogP contribution in [-0.2, 0) is 0 Å². The number of thiophene rings is 1. The van der Waals surface area contributed by atoms with Crippen LogP contribution in [0.15, 0.2) is 29.6 Å². The number of rotatable bonds is 4. The number of fused-ring (bicyclic) bond motifs is 1. The lowest BCUT2D eigenvalue weighted by Gasteiger charge is -1.93. The lowest BCUT2D eigenvalue weighted by Crippen LogP contribution is -1.75. The smallest absolute Gasteiger partial charge is 0.0355 e. The highest BCUT2D eigenvalue weighted by Gasteiger charge is 1.94. The van der Waals surface area contributed by atoms with Crippen LogP contribution in [-0.4, -0.2) is 0 Å². The van der Waals surface area contributed by atoms with E-state index in [0.29, 0.717) is 0 Å². The second kappa shape index (κ2) is 6.47. The zero-order valence-corrected chi connectivity index (χ0v) is 11.1. The minimum Gasteiger partial charge on any atom is -0.144 e. The molecule has 0 atom stereocenters. The zero-order valence-electron chi connectivity index (χ0n) is 10.3. The van der Waals surface area contributed by atoms with Gasteiger partial charge in [-0.05, 0) is 35.4 Å². The lowest BCUT2D eigenvalue weighted by molar-refractivity contribution is 0.679. The topological polar surface area (TPSA) is 0 Å². The second-order valence-corrected chi connectivity index (χ2v) is 5.23. The summed E-state index contributed by atoms with van der Waals surface area (Å²) in [5.74, 6) is 6.53. The molecule has 0 radical (unpaired) electrons. The van der Waals surface area contributed by atoms with E-state index in [4.69, 9.17) is 0 Å². The molecule has 0 nitrogen and oxygen atoms in total. The molecule has 0 aliphatic carbocycles. The molecule has 0 aliphatic rings. The first-order chi connectivity index (χ1) is 8.40. The maximum absolute atomic E-state index is 3.27. The molecule has 0 amide bonds. The summed E-state index contributed by atoms with van der Waals surface area (Å²) >= 11 is 1.78. The van der Waals surface area contributed by atoms with Crippen molar-refractivity contribution in [3.63, 3.8) is 0 Å². The quantitative estimate of drug-likeness (QED) is 0.509. The molecule has 0 saturated heterocycles. The van der Waals surface area contributed by atoms with Crippen LogP contribution in [0.25, 0.3) is 10.1 Å². The zero-order chi connectivity index (χ0) is 11.9. The molecular weight excluding hydrogens is 224 g/mol. The average molecular weight is 242 g/mol. The Bertz CT molecular complexity index is 525. The van der Waals surface area contributed by atoms with Crippen molar-refractivity contribution in [2.45, 2.75) is 39.0 Å². The molecule has 0 bridgehead atoms. The molecule has 0 saturated carbocycles. The maximum atomic E-state index is 3.27. The Kier molecular flexibility index (Phi) is 4.64. The molecule has 1 aromatic heterocycles. The SMILES string of the molecule is CCCCCCC#Cc1ccc2ccsc2c1. The Morgan fingerprint density at radius 2 is 2.06 bits per heavy atom. The first-order valence-electron chi connectivity index (χ1n) is 6.36. The molecule has 0 fully saturated rings. The van der Waals surface area contributed by atoms with Crippen LogP contribution in [0, 0.1) is 11.8 Å². The average Bonchev–Trinajstić information content (AvgIpc) is 2.81. The summed E-state index contributed by atoms with van der Waals surface area (Å²) in [6.45, 7) is 2.24. The largest absolute Gasteiger partial charge is 0.144 e. The summed E-state index contributed by atoms with van der Waals surface area (Å²) in [6, 6.07) is 8.63. The van der Waals surface area contributed by atoms with Crippen molar-refractivity contribution in [1.82, 2.24) is 0 Å². The van der Waals surface area contributed by atoms with E-state index in [1.165, 1.54) is 35.8 Å². The van der Waals surface area contributed by atoms with Crippen molar-refractivity contribution in [2.75, 3.05) is 0 Å². The van der Waals surface area contributed by atoms with Gasteiger partial charge in [0.1, 0.15) is 0 Å². The molecule has 2 aromatic rings. The van der Waals surface area contributed by atoms with E-state index in [1.54, 1.807) is 11.3 Å². The van der Waals surface area contributed by atoms with E-state index in [1.807, 2.05) is 0 Å². The summed E-state index contributed by atoms with van der Waals surface area (Å²) in [5.41, 5.74) is 1.15. The van der Waals surface area contributed by atoms with Crippen molar-refractivity contribution in [3.05, 3.63) is 35.2 Å². The highest BCUT2D eigenvalue weighted by Crippen LogP contribution is 2.21. The molecule has 0 aliphatic heterocycles. The van der Waals surface area contributed by atoms with E-state index >= 15 is 0 Å². The van der Waals surface area contributed by atoms with Crippen LogP contribution in [0.3, 0.4) is 0 Å². The van der Waals surface area contributed by atoms with Gasteiger partial charge < -0.3 is 0 Å². The van der Waals surface area contributed by atoms with Gasteiger partial charge in [-0.3, -0.25) is 0 Å². The van der Waals surface area contributed by atoms with Gasteiger partial charge in [-0.1, -0.05) is 44.1 Å². The Labute approximate surface area is 108 Å². The third-order valence-corrected chi connectivity index (χ3v) is 3.72. The van der Waals surface area contributed by atoms with Gasteiger partial charge in [0, 0.05) is 16.7 Å². The van der Waals surface area contributed by atoms with Gasteiger partial charge in [0.25, 0.3) is 0 Å². The van der Waals surface area contributed by atoms with Gasteiger partial charge in [-0.2, -0.15) is 0 Å². The van der Waals surface area contributed by atoms with Crippen LogP contribution in [0.2, 0.25) is 0 Å². The summed E-state index contributed by atoms with van der Waals surface area (Å²) in [6.07, 6.45) is 6.21. The highest BCUT2D eigenvalue weighted by atomic mass is 32.1. The fourth-order valence-corrected chi connectivity index (χ4v) is 2.67. The number of benzene rings is 1. The summed E-state index contributed by atoms with van der Waals surface area (Å²) in [7, 11) is 0. The van der Waals surface area contributed by atoms with E-state index in [-0.39, 0.29) is 0 Å². The molecule has 1 heterocycles. The van der Waals surface area contributed by atoms with Gasteiger partial charge >= 0.3 is 0 Å². The normalized spacial score (nSPS) is 10.2. The van der Waals surface area contributed by atoms with Gasteiger partial charge in [-0.25, -0.2) is 0 Å². The summed E-state index contributed by atoms with van der Waals surface area (Å²) in [4.78, 5) is 0. The lowest BCUT2D eigenvalue weighted by atomic mass is 10.1. The van der Waals surface area contributed by atoms with Crippen LogP contribution < -0.4 is 0 Å². The van der Waals surface area contributed by atoms with Crippen molar-refractivity contribution >= 4 is 21.4 Å². The predicted octanol–water partition coefficient (Wildman–Crippen LogP) is 5.22. The fourth-order valence-electron chi connectivity index (χ4n) is 1.84. The molecule has 88 valence electrons. The molecule has 1 heteroatoms. The van der Waals surface area contributed by atoms with Crippen molar-refractivity contribution < 1.29 is 0 Å². The molecule has 0 unspecified atom stereocenters. The third-order valence-electron chi connectivity index (χ3n) is 2.84. The molecule has 2 rings (SSSR count). The number of hydrogen-bond acceptors (Lipinski definition) is 1. The van der Waals surface area contributed by atoms with Crippen LogP contribution in [0.1, 0.15) is 44.6 Å². The monoisotopic (exact) mass is 242 g/mol. The number of unbranched alkanes of at least 4 members (excludes halogenated alkanes) is 4. The minimum absolute atomic E-state index is 1.03. The Hall–Kier alpha value is -1.26. The second-order valence-electron chi connectivity index (χ2n) is 4.29. The number of hydrogen-bond donors (Lipinski definition) is 0. The third kappa shape index (κ3) is 3.61. The Morgan fingerprint density at radius 1 is 1.12 bits per heavy atom. The van der Waals surface area contributed by atoms with E-state index < -0.39 is 0 Å². The van der Waals surface area contributed by atoms with Crippen LogP contribution in [0.5, 0.6) is 0 Å². The van der Waals surface area contributed by atoms with Crippen molar-refractivity contribution in [2.24, 2.45) is 0 Å². The van der Waals surface area contributed by atoms with Gasteiger partial charge in [0.2, 0.25) is 0 Å². The molecule has 0 N–H and O–H groups in total. The Balaban J connectivity index is 1.91. The fraction of sp³-hybridized carbons (Fsp3) is 0.375. The van der Waals surface area contributed by atoms with Gasteiger partial charge in [-0.15, -0.1) is 11.3 Å². The van der Waals surface area contributed by atoms with Crippen molar-refractivity contribution in [3.8, 4) is 11.8 Å². The van der Waals surface area contributed by atoms with E-state index in [9.17, 15) is 0 Å². The summed E-state index contributed by atoms with van der Waals surface area (Å²) < 4.78 is 1.34. The minimum atomic E-state index is 1.03. The molecular formula is C16H18S. The van der Waals surface area contributed by atoms with Crippen LogP contribution in [0.4, 0.5) is 0 Å². The molecule has 17 heavy (non-hydrogen) atoms. The maximum Gasteiger partial charge on any atom is 0.0355 e. The highest BCUT2D eigenvalue weighted by molar-refractivity contribution is 7.17. The first kappa shape index (κ1) is 12.2. The van der Waals surface area contributed by atoms with E-state index in [0.717, 1.165) is 12.0 Å². The Morgan fingerprint density at radius 3 is 2.94 bits per heavy atom. The predicted molar refractivity (Wildman–Crippen MR) is 77.5 cm³/mol. The van der Waals surface area contributed by atoms with Gasteiger partial charge in [0.15, 0.2) is 0 Å². The van der Waals surface area contributed by atoms with Crippen molar-refractivity contribution in [1.29, 1.82) is 0 Å². The van der Waals surface area contributed by atoms with Gasteiger partial charge in [0.05, 0.1) is 0 Å². The standard InChI is InChI=1S/C16H18S/c1-2-3-4-5-6-7-8-14-9-10-15-11-12-17-16(15)13-14/h9-13H,2-6H2,1H3. The molecule has 0 spiro atoms. The van der Waals surface area contributed by atoms with Crippen LogP contribution >= 0.6 is 11.3 Å². The summed E-state index contributed by atoms with van der Waals surface area (Å²) in [5, 5.41) is 3.45. The molecule has 1 aromatic carbocycles.